The minimum Gasteiger partial charge on any atom is -0.378 e. The molecular weight excluding hydrogens is 338 g/mol. The summed E-state index contributed by atoms with van der Waals surface area (Å²) in [5.74, 6) is 0. The second kappa shape index (κ2) is 7.52. The molecule has 138 valence electrons. The van der Waals surface area contributed by atoms with Crippen LogP contribution < -0.4 is 5.32 Å². The molecule has 0 saturated carbocycles. The van der Waals surface area contributed by atoms with Crippen molar-refractivity contribution in [3.05, 3.63) is 108 Å². The van der Waals surface area contributed by atoms with E-state index in [4.69, 9.17) is 0 Å². The van der Waals surface area contributed by atoms with Gasteiger partial charge in [0, 0.05) is 5.70 Å². The Morgan fingerprint density at radius 2 is 1.18 bits per heavy atom. The molecule has 0 fully saturated rings. The van der Waals surface area contributed by atoms with E-state index in [1.165, 1.54) is 57.6 Å². The van der Waals surface area contributed by atoms with Crippen LogP contribution in [0, 0.1) is 0 Å². The number of benzene rings is 4. The molecule has 1 aliphatic rings. The summed E-state index contributed by atoms with van der Waals surface area (Å²) in [5.41, 5.74) is 4.08. The van der Waals surface area contributed by atoms with Crippen molar-refractivity contribution in [2.24, 2.45) is 0 Å². The molecule has 28 heavy (non-hydrogen) atoms. The van der Waals surface area contributed by atoms with E-state index in [1.807, 2.05) is 0 Å². The molecule has 1 nitrogen and oxygen atoms in total. The van der Waals surface area contributed by atoms with E-state index in [0.29, 0.717) is 0 Å². The molecule has 0 radical (unpaired) electrons. The van der Waals surface area contributed by atoms with Gasteiger partial charge in [0.1, 0.15) is 0 Å². The third kappa shape index (κ3) is 3.18. The predicted octanol–water partition coefficient (Wildman–Crippen LogP) is 7.13. The molecule has 1 aliphatic carbocycles. The fourth-order valence-corrected chi connectivity index (χ4v) is 4.48. The first kappa shape index (κ1) is 17.1. The molecule has 0 saturated heterocycles. The molecule has 0 bridgehead atoms. The lowest BCUT2D eigenvalue weighted by Gasteiger charge is -2.27. The topological polar surface area (TPSA) is 12.0 Å². The Hall–Kier alpha value is -3.06. The zero-order chi connectivity index (χ0) is 18.8. The van der Waals surface area contributed by atoms with Crippen LogP contribution in [0.25, 0.3) is 21.5 Å². The fourth-order valence-electron chi connectivity index (χ4n) is 4.48. The Balaban J connectivity index is 1.72. The largest absolute Gasteiger partial charge is 0.378 e. The Morgan fingerprint density at radius 3 is 1.75 bits per heavy atom. The minimum atomic E-state index is 0.140. The van der Waals surface area contributed by atoms with Crippen LogP contribution >= 0.6 is 0 Å². The van der Waals surface area contributed by atoms with Crippen molar-refractivity contribution in [1.29, 1.82) is 0 Å². The first-order chi connectivity index (χ1) is 13.9. The van der Waals surface area contributed by atoms with E-state index in [1.54, 1.807) is 0 Å². The Bertz CT molecular complexity index is 1070. The number of rotatable bonds is 4. The monoisotopic (exact) mass is 363 g/mol. The second-order valence-corrected chi connectivity index (χ2v) is 7.69. The lowest BCUT2D eigenvalue weighted by molar-refractivity contribution is 0.605. The van der Waals surface area contributed by atoms with Crippen LogP contribution in [0.1, 0.15) is 42.9 Å². The molecule has 1 N–H and O–H groups in total. The predicted molar refractivity (Wildman–Crippen MR) is 119 cm³/mol. The van der Waals surface area contributed by atoms with Gasteiger partial charge in [-0.1, -0.05) is 91.0 Å². The fraction of sp³-hybridized carbons (Fsp3) is 0.185. The van der Waals surface area contributed by atoms with Crippen LogP contribution in [-0.2, 0) is 0 Å². The van der Waals surface area contributed by atoms with E-state index >= 15 is 0 Å². The van der Waals surface area contributed by atoms with E-state index in [9.17, 15) is 0 Å². The molecule has 0 heterocycles. The van der Waals surface area contributed by atoms with Gasteiger partial charge in [0.25, 0.3) is 0 Å². The highest BCUT2D eigenvalue weighted by Crippen LogP contribution is 2.34. The first-order valence-corrected chi connectivity index (χ1v) is 10.3. The summed E-state index contributed by atoms with van der Waals surface area (Å²) in [5, 5.41) is 9.18. The molecule has 5 rings (SSSR count). The average Bonchev–Trinajstić information content (AvgIpc) is 2.78. The normalized spacial score (nSPS) is 14.4. The summed E-state index contributed by atoms with van der Waals surface area (Å²) in [6, 6.07) is 30.9. The van der Waals surface area contributed by atoms with Crippen LogP contribution in [-0.4, -0.2) is 0 Å². The van der Waals surface area contributed by atoms with Crippen LogP contribution in [0.2, 0.25) is 0 Å². The van der Waals surface area contributed by atoms with Crippen molar-refractivity contribution >= 4 is 21.5 Å². The average molecular weight is 364 g/mol. The van der Waals surface area contributed by atoms with Gasteiger partial charge in [0.15, 0.2) is 0 Å². The highest BCUT2D eigenvalue weighted by molar-refractivity contribution is 5.90. The minimum absolute atomic E-state index is 0.140. The van der Waals surface area contributed by atoms with Crippen molar-refractivity contribution in [2.45, 2.75) is 31.7 Å². The molecule has 0 spiro atoms. The van der Waals surface area contributed by atoms with E-state index < -0.39 is 0 Å². The summed E-state index contributed by atoms with van der Waals surface area (Å²) in [6.07, 6.45) is 7.30. The molecule has 0 atom stereocenters. The number of allylic oxidation sites excluding steroid dienone is 2. The smallest absolute Gasteiger partial charge is 0.0776 e. The van der Waals surface area contributed by atoms with E-state index in [2.05, 4.69) is 96.3 Å². The zero-order valence-corrected chi connectivity index (χ0v) is 16.1. The van der Waals surface area contributed by atoms with Gasteiger partial charge in [-0.05, 0) is 58.4 Å². The Morgan fingerprint density at radius 1 is 0.607 bits per heavy atom. The molecule has 1 heteroatoms. The maximum Gasteiger partial charge on any atom is 0.0776 e. The van der Waals surface area contributed by atoms with Gasteiger partial charge >= 0.3 is 0 Å². The SMILES string of the molecule is C1=C(NC(c2cccc3ccccc23)c2cccc3ccccc23)CCCC1. The van der Waals surface area contributed by atoms with E-state index in [0.717, 1.165) is 6.42 Å². The molecule has 0 aromatic heterocycles. The highest BCUT2D eigenvalue weighted by atomic mass is 14.9. The van der Waals surface area contributed by atoms with Crippen molar-refractivity contribution in [1.82, 2.24) is 5.32 Å². The van der Waals surface area contributed by atoms with Crippen molar-refractivity contribution in [3.63, 3.8) is 0 Å². The number of hydrogen-bond donors (Lipinski definition) is 1. The third-order valence-corrected chi connectivity index (χ3v) is 5.89. The quantitative estimate of drug-likeness (QED) is 0.406. The van der Waals surface area contributed by atoms with Crippen LogP contribution in [0.3, 0.4) is 0 Å². The summed E-state index contributed by atoms with van der Waals surface area (Å²) in [6.45, 7) is 0. The number of nitrogens with one attached hydrogen (secondary N) is 1. The lowest BCUT2D eigenvalue weighted by atomic mass is 9.90. The van der Waals surface area contributed by atoms with Gasteiger partial charge in [-0.3, -0.25) is 0 Å². The van der Waals surface area contributed by atoms with Gasteiger partial charge in [0.05, 0.1) is 6.04 Å². The molecule has 4 aromatic carbocycles. The number of fused-ring (bicyclic) bond motifs is 2. The van der Waals surface area contributed by atoms with Crippen molar-refractivity contribution in [2.75, 3.05) is 0 Å². The Kier molecular flexibility index (Phi) is 4.58. The summed E-state index contributed by atoms with van der Waals surface area (Å²) in [4.78, 5) is 0. The third-order valence-electron chi connectivity index (χ3n) is 5.89. The van der Waals surface area contributed by atoms with Gasteiger partial charge < -0.3 is 5.32 Å². The molecule has 0 unspecified atom stereocenters. The Labute approximate surface area is 166 Å². The molecule has 4 aromatic rings. The summed E-state index contributed by atoms with van der Waals surface area (Å²) in [7, 11) is 0. The van der Waals surface area contributed by atoms with Crippen molar-refractivity contribution < 1.29 is 0 Å². The van der Waals surface area contributed by atoms with Gasteiger partial charge in [0.2, 0.25) is 0 Å². The zero-order valence-electron chi connectivity index (χ0n) is 16.1. The van der Waals surface area contributed by atoms with Gasteiger partial charge in [-0.25, -0.2) is 0 Å². The maximum absolute atomic E-state index is 3.93. The highest BCUT2D eigenvalue weighted by Gasteiger charge is 2.20. The molecular formula is C27H25N. The van der Waals surface area contributed by atoms with Crippen LogP contribution in [0.4, 0.5) is 0 Å². The second-order valence-electron chi connectivity index (χ2n) is 7.69. The van der Waals surface area contributed by atoms with Crippen LogP contribution in [0.15, 0.2) is 96.7 Å². The molecule has 0 aliphatic heterocycles. The van der Waals surface area contributed by atoms with Gasteiger partial charge in [-0.15, -0.1) is 0 Å². The first-order valence-electron chi connectivity index (χ1n) is 10.3. The summed E-state index contributed by atoms with van der Waals surface area (Å²) < 4.78 is 0. The van der Waals surface area contributed by atoms with Crippen molar-refractivity contribution in [3.8, 4) is 0 Å². The molecule has 0 amide bonds. The lowest BCUT2D eigenvalue weighted by Crippen LogP contribution is -2.23. The summed E-state index contributed by atoms with van der Waals surface area (Å²) >= 11 is 0. The van der Waals surface area contributed by atoms with Crippen LogP contribution in [0.5, 0.6) is 0 Å². The standard InChI is InChI=1S/C27H25N/c1-2-14-22(15-3-1)28-27(25-18-8-12-20-10-4-6-16-23(20)25)26-19-9-13-21-11-5-7-17-24(21)26/h4-14,16-19,27-28H,1-3,15H2. The van der Waals surface area contributed by atoms with Gasteiger partial charge in [-0.2, -0.15) is 0 Å². The van der Waals surface area contributed by atoms with E-state index in [-0.39, 0.29) is 6.04 Å². The maximum atomic E-state index is 3.93. The number of hydrogen-bond acceptors (Lipinski definition) is 1.